The minimum Gasteiger partial charge on any atom is -0.431 e. The topological polar surface area (TPSA) is 162 Å². The molecule has 0 bridgehead atoms. The van der Waals surface area contributed by atoms with Gasteiger partial charge in [0.05, 0.1) is 12.3 Å². The molecule has 2 heterocycles. The van der Waals surface area contributed by atoms with Crippen LogP contribution in [0, 0.1) is 27.2 Å². The highest BCUT2D eigenvalue weighted by molar-refractivity contribution is 6.30. The van der Waals surface area contributed by atoms with E-state index in [0.29, 0.717) is 16.3 Å². The Balaban J connectivity index is 1.46. The van der Waals surface area contributed by atoms with Crippen molar-refractivity contribution >= 4 is 17.8 Å². The van der Waals surface area contributed by atoms with Gasteiger partial charge < -0.3 is 23.9 Å². The number of rotatable bonds is 7. The monoisotopic (exact) mass is 495 g/mol. The summed E-state index contributed by atoms with van der Waals surface area (Å²) in [5.74, 6) is 0.174. The quantitative estimate of drug-likeness (QED) is 0.313. The summed E-state index contributed by atoms with van der Waals surface area (Å²) in [4.78, 5) is 46.9. The van der Waals surface area contributed by atoms with E-state index in [-0.39, 0.29) is 25.2 Å². The second-order valence-electron chi connectivity index (χ2n) is 7.65. The molecule has 1 fully saturated rings. The number of pyridine rings is 1. The van der Waals surface area contributed by atoms with E-state index in [9.17, 15) is 25.0 Å². The SMILES string of the molecule is Cc1ncc2c(c1OC(=O)O[C@@H]1C[C@H](O[N+](=O)[O-])[C@H](O[N+](=O)[O-])C1)CO[C@H]2c1ccc(Cl)cc1. The molecule has 0 saturated heterocycles. The summed E-state index contributed by atoms with van der Waals surface area (Å²) in [7, 11) is 0. The van der Waals surface area contributed by atoms with Crippen LogP contribution < -0.4 is 4.74 Å². The second kappa shape index (κ2) is 9.65. The van der Waals surface area contributed by atoms with E-state index in [1.165, 1.54) is 0 Å². The van der Waals surface area contributed by atoms with Gasteiger partial charge in [0.1, 0.15) is 24.4 Å². The summed E-state index contributed by atoms with van der Waals surface area (Å²) in [5, 5.41) is 19.7. The highest BCUT2D eigenvalue weighted by Gasteiger charge is 2.42. The molecule has 1 aliphatic carbocycles. The van der Waals surface area contributed by atoms with E-state index in [1.54, 1.807) is 25.3 Å². The van der Waals surface area contributed by atoms with Gasteiger partial charge in [0, 0.05) is 35.2 Å². The number of benzene rings is 1. The number of aryl methyl sites for hydroxylation is 1. The molecular formula is C20H18ClN3O10. The van der Waals surface area contributed by atoms with Gasteiger partial charge in [0.2, 0.25) is 0 Å². The number of hydrogen-bond acceptors (Lipinski definition) is 11. The predicted molar refractivity (Wildman–Crippen MR) is 111 cm³/mol. The molecule has 13 nitrogen and oxygen atoms in total. The molecule has 0 radical (unpaired) electrons. The average Bonchev–Trinajstić information content (AvgIpc) is 3.34. The van der Waals surface area contributed by atoms with Crippen LogP contribution in [0.2, 0.25) is 5.02 Å². The third-order valence-electron chi connectivity index (χ3n) is 5.49. The lowest BCUT2D eigenvalue weighted by Gasteiger charge is -2.15. The van der Waals surface area contributed by atoms with Crippen molar-refractivity contribution in [2.24, 2.45) is 0 Å². The summed E-state index contributed by atoms with van der Waals surface area (Å²) in [6.45, 7) is 1.81. The minimum absolute atomic E-state index is 0.162. The lowest BCUT2D eigenvalue weighted by Crippen LogP contribution is -2.30. The summed E-state index contributed by atoms with van der Waals surface area (Å²) >= 11 is 5.95. The molecule has 2 aliphatic rings. The molecule has 0 amide bonds. The van der Waals surface area contributed by atoms with Gasteiger partial charge >= 0.3 is 6.16 Å². The average molecular weight is 496 g/mol. The fourth-order valence-corrected chi connectivity index (χ4v) is 4.16. The molecule has 4 atom stereocenters. The molecule has 34 heavy (non-hydrogen) atoms. The Morgan fingerprint density at radius 3 is 2.32 bits per heavy atom. The van der Waals surface area contributed by atoms with Gasteiger partial charge in [0.15, 0.2) is 5.75 Å². The Kier molecular flexibility index (Phi) is 6.65. The van der Waals surface area contributed by atoms with Crippen LogP contribution in [0.5, 0.6) is 5.75 Å². The standard InChI is InChI=1S/C20H18ClN3O10/c1-10-18(15-9-30-19(14(15)8-22-10)11-2-4-12(21)5-3-11)32-20(25)31-13-6-16(33-23(26)27)17(7-13)34-24(28)29/h2-5,8,13,16-17,19H,6-7,9H2,1H3/t13-,16+,17-,19-/m0/s1. The van der Waals surface area contributed by atoms with E-state index < -0.39 is 40.7 Å². The molecule has 4 rings (SSSR count). The van der Waals surface area contributed by atoms with Crippen LogP contribution in [-0.2, 0) is 25.8 Å². The highest BCUT2D eigenvalue weighted by Crippen LogP contribution is 2.41. The van der Waals surface area contributed by atoms with Crippen LogP contribution in [0.4, 0.5) is 4.79 Å². The van der Waals surface area contributed by atoms with E-state index in [1.807, 2.05) is 12.1 Å². The summed E-state index contributed by atoms with van der Waals surface area (Å²) in [5.41, 5.74) is 2.61. The molecular weight excluding hydrogens is 478 g/mol. The Labute approximate surface area is 196 Å². The van der Waals surface area contributed by atoms with Crippen LogP contribution in [0.3, 0.4) is 0 Å². The smallest absolute Gasteiger partial charge is 0.431 e. The van der Waals surface area contributed by atoms with E-state index >= 15 is 0 Å². The molecule has 0 spiro atoms. The first-order valence-electron chi connectivity index (χ1n) is 10.1. The first-order valence-corrected chi connectivity index (χ1v) is 10.4. The maximum atomic E-state index is 12.5. The van der Waals surface area contributed by atoms with Crippen molar-refractivity contribution in [2.45, 2.75) is 50.8 Å². The first kappa shape index (κ1) is 23.4. The fraction of sp³-hybridized carbons (Fsp3) is 0.400. The van der Waals surface area contributed by atoms with Crippen molar-refractivity contribution in [3.8, 4) is 5.75 Å². The second-order valence-corrected chi connectivity index (χ2v) is 8.08. The van der Waals surface area contributed by atoms with Crippen molar-refractivity contribution in [1.82, 2.24) is 4.98 Å². The van der Waals surface area contributed by atoms with Crippen molar-refractivity contribution in [3.63, 3.8) is 0 Å². The number of halogens is 1. The normalized spacial score (nSPS) is 23.1. The van der Waals surface area contributed by atoms with Gasteiger partial charge in [-0.2, -0.15) is 0 Å². The number of nitrogens with zero attached hydrogens (tertiary/aromatic N) is 3. The zero-order valence-electron chi connectivity index (χ0n) is 17.6. The molecule has 1 saturated carbocycles. The highest BCUT2D eigenvalue weighted by atomic mass is 35.5. The van der Waals surface area contributed by atoms with Crippen LogP contribution in [-0.4, -0.2) is 39.6 Å². The van der Waals surface area contributed by atoms with E-state index in [2.05, 4.69) is 14.7 Å². The molecule has 0 N–H and O–H groups in total. The van der Waals surface area contributed by atoms with Crippen molar-refractivity contribution in [2.75, 3.05) is 0 Å². The summed E-state index contributed by atoms with van der Waals surface area (Å²) in [6, 6.07) is 7.12. The third kappa shape index (κ3) is 5.10. The maximum absolute atomic E-state index is 12.5. The molecule has 180 valence electrons. The molecule has 1 aromatic heterocycles. The zero-order chi connectivity index (χ0) is 24.4. The van der Waals surface area contributed by atoms with Crippen LogP contribution in [0.1, 0.15) is 41.3 Å². The van der Waals surface area contributed by atoms with Crippen LogP contribution in [0.25, 0.3) is 0 Å². The Morgan fingerprint density at radius 2 is 1.74 bits per heavy atom. The fourth-order valence-electron chi connectivity index (χ4n) is 4.03. The molecule has 1 aromatic carbocycles. The largest absolute Gasteiger partial charge is 0.514 e. The van der Waals surface area contributed by atoms with Crippen molar-refractivity contribution in [3.05, 3.63) is 78.1 Å². The predicted octanol–water partition coefficient (Wildman–Crippen LogP) is 3.49. The van der Waals surface area contributed by atoms with Gasteiger partial charge in [-0.05, 0) is 24.6 Å². The molecule has 1 aliphatic heterocycles. The minimum atomic E-state index is -1.27. The third-order valence-corrected chi connectivity index (χ3v) is 5.75. The Morgan fingerprint density at radius 1 is 1.12 bits per heavy atom. The summed E-state index contributed by atoms with van der Waals surface area (Å²) in [6.07, 6.45) is -3.72. The lowest BCUT2D eigenvalue weighted by molar-refractivity contribution is -0.797. The first-order chi connectivity index (χ1) is 16.2. The number of hydrogen-bond donors (Lipinski definition) is 0. The van der Waals surface area contributed by atoms with Gasteiger partial charge in [-0.25, -0.2) is 4.79 Å². The molecule has 0 unspecified atom stereocenters. The zero-order valence-corrected chi connectivity index (χ0v) is 18.4. The maximum Gasteiger partial charge on any atom is 0.514 e. The van der Waals surface area contributed by atoms with Gasteiger partial charge in [-0.15, -0.1) is 20.2 Å². The van der Waals surface area contributed by atoms with Crippen molar-refractivity contribution in [1.29, 1.82) is 0 Å². The number of aromatic nitrogens is 1. The Bertz CT molecular complexity index is 1090. The van der Waals surface area contributed by atoms with Crippen LogP contribution in [0.15, 0.2) is 30.5 Å². The van der Waals surface area contributed by atoms with Crippen LogP contribution >= 0.6 is 11.6 Å². The molecule has 14 heteroatoms. The van der Waals surface area contributed by atoms with Gasteiger partial charge in [0.25, 0.3) is 10.2 Å². The van der Waals surface area contributed by atoms with Gasteiger partial charge in [-0.3, -0.25) is 4.98 Å². The lowest BCUT2D eigenvalue weighted by atomic mass is 10.0. The Hall–Kier alpha value is -3.71. The summed E-state index contributed by atoms with van der Waals surface area (Å²) < 4.78 is 16.5. The number of carbonyl (C=O) groups excluding carboxylic acids is 1. The van der Waals surface area contributed by atoms with E-state index in [4.69, 9.17) is 25.8 Å². The molecule has 2 aromatic rings. The van der Waals surface area contributed by atoms with E-state index in [0.717, 1.165) is 11.1 Å². The number of ether oxygens (including phenoxy) is 3. The van der Waals surface area contributed by atoms with Gasteiger partial charge in [-0.1, -0.05) is 23.7 Å². The van der Waals surface area contributed by atoms with Crippen molar-refractivity contribution < 1.29 is 38.9 Å². The number of fused-ring (bicyclic) bond motifs is 1. The number of carbonyl (C=O) groups is 1.